The summed E-state index contributed by atoms with van der Waals surface area (Å²) >= 11 is 0. The average molecular weight is 398 g/mol. The Labute approximate surface area is 174 Å². The number of fused-ring (bicyclic) bond motifs is 1. The minimum atomic E-state index is -0.359. The SMILES string of the molecule is CCN(C(=O)c1nc(C(=O)Nc2ccccc2)c2ccccn12)c1cccc(C)c1. The molecule has 0 aliphatic rings. The van der Waals surface area contributed by atoms with E-state index in [1.165, 1.54) is 0 Å². The Balaban J connectivity index is 1.74. The van der Waals surface area contributed by atoms with Crippen molar-refractivity contribution < 1.29 is 9.59 Å². The maximum atomic E-state index is 13.4. The highest BCUT2D eigenvalue weighted by atomic mass is 16.2. The molecule has 0 aliphatic carbocycles. The van der Waals surface area contributed by atoms with Crippen molar-refractivity contribution in [1.82, 2.24) is 9.38 Å². The molecule has 150 valence electrons. The van der Waals surface area contributed by atoms with E-state index < -0.39 is 0 Å². The van der Waals surface area contributed by atoms with Crippen molar-refractivity contribution >= 4 is 28.7 Å². The maximum absolute atomic E-state index is 13.4. The quantitative estimate of drug-likeness (QED) is 0.536. The van der Waals surface area contributed by atoms with E-state index in [9.17, 15) is 9.59 Å². The van der Waals surface area contributed by atoms with Crippen molar-refractivity contribution in [3.05, 3.63) is 96.1 Å². The molecule has 0 aliphatic heterocycles. The predicted octanol–water partition coefficient (Wildman–Crippen LogP) is 4.56. The zero-order valence-corrected chi connectivity index (χ0v) is 16.9. The molecule has 1 N–H and O–H groups in total. The van der Waals surface area contributed by atoms with Gasteiger partial charge >= 0.3 is 0 Å². The summed E-state index contributed by atoms with van der Waals surface area (Å²) in [6.45, 7) is 4.38. The van der Waals surface area contributed by atoms with Gasteiger partial charge in [0.15, 0.2) is 5.69 Å². The molecule has 2 amide bonds. The van der Waals surface area contributed by atoms with Crippen LogP contribution >= 0.6 is 0 Å². The molecule has 0 atom stereocenters. The summed E-state index contributed by atoms with van der Waals surface area (Å²) in [6.07, 6.45) is 1.75. The number of anilines is 2. The standard InChI is InChI=1S/C24H22N4O2/c1-3-27(19-13-9-10-17(2)16-19)24(30)22-26-21(20-14-7-8-15-28(20)22)23(29)25-18-11-5-4-6-12-18/h4-16H,3H2,1-2H3,(H,25,29). The van der Waals surface area contributed by atoms with Crippen molar-refractivity contribution in [3.63, 3.8) is 0 Å². The first kappa shape index (κ1) is 19.4. The van der Waals surface area contributed by atoms with Gasteiger partial charge in [0.25, 0.3) is 11.8 Å². The lowest BCUT2D eigenvalue weighted by molar-refractivity contribution is 0.0978. The van der Waals surface area contributed by atoms with Crippen molar-refractivity contribution in [1.29, 1.82) is 0 Å². The molecule has 0 saturated carbocycles. The second-order valence-electron chi connectivity index (χ2n) is 6.95. The van der Waals surface area contributed by atoms with Gasteiger partial charge in [-0.2, -0.15) is 0 Å². The molecule has 0 spiro atoms. The minimum Gasteiger partial charge on any atom is -0.321 e. The number of nitrogens with zero attached hydrogens (tertiary/aromatic N) is 3. The Hall–Kier alpha value is -3.93. The van der Waals surface area contributed by atoms with E-state index in [-0.39, 0.29) is 23.3 Å². The number of pyridine rings is 1. The van der Waals surface area contributed by atoms with E-state index in [1.54, 1.807) is 33.7 Å². The molecule has 0 bridgehead atoms. The fourth-order valence-corrected chi connectivity index (χ4v) is 3.43. The van der Waals surface area contributed by atoms with Crippen molar-refractivity contribution in [2.45, 2.75) is 13.8 Å². The molecule has 0 unspecified atom stereocenters. The minimum absolute atomic E-state index is 0.201. The van der Waals surface area contributed by atoms with Crippen LogP contribution in [0.25, 0.3) is 5.52 Å². The number of aryl methyl sites for hydroxylation is 1. The summed E-state index contributed by atoms with van der Waals surface area (Å²) in [5.41, 5.74) is 3.32. The van der Waals surface area contributed by atoms with Crippen molar-refractivity contribution in [2.75, 3.05) is 16.8 Å². The molecule has 6 nitrogen and oxygen atoms in total. The largest absolute Gasteiger partial charge is 0.321 e. The average Bonchev–Trinajstić information content (AvgIpc) is 3.15. The molecule has 0 fully saturated rings. The van der Waals surface area contributed by atoms with E-state index in [0.29, 0.717) is 17.7 Å². The van der Waals surface area contributed by atoms with Crippen LogP contribution in [0.2, 0.25) is 0 Å². The summed E-state index contributed by atoms with van der Waals surface area (Å²) in [7, 11) is 0. The predicted molar refractivity (Wildman–Crippen MR) is 118 cm³/mol. The third kappa shape index (κ3) is 3.67. The normalized spacial score (nSPS) is 10.7. The Morgan fingerprint density at radius 1 is 1.00 bits per heavy atom. The van der Waals surface area contributed by atoms with Gasteiger partial charge in [0.2, 0.25) is 5.82 Å². The van der Waals surface area contributed by atoms with Gasteiger partial charge < -0.3 is 10.2 Å². The summed E-state index contributed by atoms with van der Waals surface area (Å²) in [5.74, 6) is -0.419. The third-order valence-electron chi connectivity index (χ3n) is 4.86. The fourth-order valence-electron chi connectivity index (χ4n) is 3.43. The number of aromatic nitrogens is 2. The highest BCUT2D eigenvalue weighted by Gasteiger charge is 2.25. The third-order valence-corrected chi connectivity index (χ3v) is 4.86. The molecule has 2 heterocycles. The number of hydrogen-bond acceptors (Lipinski definition) is 3. The van der Waals surface area contributed by atoms with Crippen LogP contribution in [0.3, 0.4) is 0 Å². The number of para-hydroxylation sites is 1. The molecule has 6 heteroatoms. The van der Waals surface area contributed by atoms with Gasteiger partial charge in [-0.15, -0.1) is 0 Å². The smallest absolute Gasteiger partial charge is 0.294 e. The van der Waals surface area contributed by atoms with E-state index in [1.807, 2.05) is 68.4 Å². The zero-order chi connectivity index (χ0) is 21.1. The van der Waals surface area contributed by atoms with Crippen LogP contribution in [0.15, 0.2) is 79.0 Å². The number of amides is 2. The van der Waals surface area contributed by atoms with Gasteiger partial charge in [0.1, 0.15) is 0 Å². The molecule has 2 aromatic carbocycles. The number of rotatable bonds is 5. The van der Waals surface area contributed by atoms with Gasteiger partial charge in [-0.05, 0) is 55.8 Å². The zero-order valence-electron chi connectivity index (χ0n) is 16.9. The molecule has 0 radical (unpaired) electrons. The Morgan fingerprint density at radius 3 is 2.50 bits per heavy atom. The first-order valence-electron chi connectivity index (χ1n) is 9.80. The monoisotopic (exact) mass is 398 g/mol. The second-order valence-corrected chi connectivity index (χ2v) is 6.95. The van der Waals surface area contributed by atoms with E-state index >= 15 is 0 Å². The van der Waals surface area contributed by atoms with Gasteiger partial charge in [-0.1, -0.05) is 36.4 Å². The van der Waals surface area contributed by atoms with Gasteiger partial charge in [-0.3, -0.25) is 14.0 Å². The molecule has 2 aromatic heterocycles. The topological polar surface area (TPSA) is 66.7 Å². The van der Waals surface area contributed by atoms with Crippen LogP contribution in [-0.4, -0.2) is 27.7 Å². The number of nitrogens with one attached hydrogen (secondary N) is 1. The number of benzene rings is 2. The van der Waals surface area contributed by atoms with E-state index in [2.05, 4.69) is 10.3 Å². The molecule has 4 rings (SSSR count). The van der Waals surface area contributed by atoms with Crippen LogP contribution in [0, 0.1) is 6.92 Å². The number of carbonyl (C=O) groups is 2. The van der Waals surface area contributed by atoms with Gasteiger partial charge in [0.05, 0.1) is 5.52 Å². The fraction of sp³-hybridized carbons (Fsp3) is 0.125. The van der Waals surface area contributed by atoms with Crippen LogP contribution in [-0.2, 0) is 0 Å². The first-order chi connectivity index (χ1) is 14.6. The summed E-state index contributed by atoms with van der Waals surface area (Å²) < 4.78 is 1.67. The van der Waals surface area contributed by atoms with Gasteiger partial charge in [0, 0.05) is 24.1 Å². The lowest BCUT2D eigenvalue weighted by Crippen LogP contribution is -2.32. The molecular weight excluding hydrogens is 376 g/mol. The Kier molecular flexibility index (Phi) is 5.30. The van der Waals surface area contributed by atoms with Crippen LogP contribution in [0.5, 0.6) is 0 Å². The summed E-state index contributed by atoms with van der Waals surface area (Å²) in [4.78, 5) is 32.4. The highest BCUT2D eigenvalue weighted by Crippen LogP contribution is 2.21. The van der Waals surface area contributed by atoms with Crippen LogP contribution < -0.4 is 10.2 Å². The van der Waals surface area contributed by atoms with Crippen molar-refractivity contribution in [3.8, 4) is 0 Å². The molecular formula is C24H22N4O2. The van der Waals surface area contributed by atoms with Gasteiger partial charge in [-0.25, -0.2) is 4.98 Å². The number of imidazole rings is 1. The lowest BCUT2D eigenvalue weighted by Gasteiger charge is -2.20. The lowest BCUT2D eigenvalue weighted by atomic mass is 10.2. The van der Waals surface area contributed by atoms with Crippen LogP contribution in [0.1, 0.15) is 33.6 Å². The van der Waals surface area contributed by atoms with Crippen molar-refractivity contribution in [2.24, 2.45) is 0 Å². The van der Waals surface area contributed by atoms with E-state index in [0.717, 1.165) is 11.3 Å². The maximum Gasteiger partial charge on any atom is 0.294 e. The molecule has 4 aromatic rings. The highest BCUT2D eigenvalue weighted by molar-refractivity contribution is 6.10. The first-order valence-corrected chi connectivity index (χ1v) is 9.80. The number of hydrogen-bond donors (Lipinski definition) is 1. The molecule has 30 heavy (non-hydrogen) atoms. The number of carbonyl (C=O) groups excluding carboxylic acids is 2. The van der Waals surface area contributed by atoms with Crippen LogP contribution in [0.4, 0.5) is 11.4 Å². The van der Waals surface area contributed by atoms with E-state index in [4.69, 9.17) is 0 Å². The summed E-state index contributed by atoms with van der Waals surface area (Å²) in [5, 5.41) is 2.85. The molecule has 0 saturated heterocycles. The Bertz CT molecular complexity index is 1210. The summed E-state index contributed by atoms with van der Waals surface area (Å²) in [6, 6.07) is 22.4. The second kappa shape index (κ2) is 8.21. The Morgan fingerprint density at radius 2 is 1.77 bits per heavy atom.